The Bertz CT molecular complexity index is 2000. The number of nitrogens with one attached hydrogen (secondary N) is 1. The second-order valence-electron chi connectivity index (χ2n) is 10.5. The molecule has 1 aliphatic rings. The molecule has 5 aromatic rings. The van der Waals surface area contributed by atoms with Crippen LogP contribution < -0.4 is 10.2 Å². The standard InChI is InChI=1S/C30H26FN3O4S/c1-4-18-8-9-22-25(10-18)33-30-28(22)29(35)24-13-27(38-16-17(2)3)23(12-26(24)34(30)20-6-5-7-20)19-11-21(15-32-14-19)39(31,36)37/h1,8-15,17,20,33H,5-7,16H2,2-3H3. The third-order valence-electron chi connectivity index (χ3n) is 7.33. The quantitative estimate of drug-likeness (QED) is 0.206. The van der Waals surface area contributed by atoms with E-state index < -0.39 is 15.1 Å². The molecule has 0 saturated heterocycles. The van der Waals surface area contributed by atoms with Crippen molar-refractivity contribution in [2.75, 3.05) is 6.61 Å². The fourth-order valence-corrected chi connectivity index (χ4v) is 5.67. The normalized spacial score (nSPS) is 14.2. The minimum atomic E-state index is -4.96. The molecule has 3 heterocycles. The zero-order chi connectivity index (χ0) is 27.5. The van der Waals surface area contributed by atoms with Crippen molar-refractivity contribution in [3.05, 3.63) is 64.6 Å². The summed E-state index contributed by atoms with van der Waals surface area (Å²) in [4.78, 5) is 20.9. The number of hydrogen-bond donors (Lipinski definition) is 1. The van der Waals surface area contributed by atoms with Gasteiger partial charge in [-0.05, 0) is 55.5 Å². The maximum Gasteiger partial charge on any atom is 0.333 e. The van der Waals surface area contributed by atoms with Gasteiger partial charge in [0.25, 0.3) is 0 Å². The molecule has 0 spiro atoms. The minimum Gasteiger partial charge on any atom is -0.493 e. The van der Waals surface area contributed by atoms with Crippen molar-refractivity contribution < 1.29 is 17.0 Å². The van der Waals surface area contributed by atoms with Gasteiger partial charge in [-0.25, -0.2) is 0 Å². The molecule has 9 heteroatoms. The molecule has 1 aliphatic carbocycles. The highest BCUT2D eigenvalue weighted by Gasteiger charge is 2.27. The van der Waals surface area contributed by atoms with Crippen LogP contribution in [0, 0.1) is 18.3 Å². The molecule has 2 aromatic carbocycles. The largest absolute Gasteiger partial charge is 0.493 e. The lowest BCUT2D eigenvalue weighted by Crippen LogP contribution is -2.21. The first-order valence-corrected chi connectivity index (χ1v) is 14.2. The van der Waals surface area contributed by atoms with Crippen LogP contribution in [0.25, 0.3) is 44.0 Å². The minimum absolute atomic E-state index is 0.144. The van der Waals surface area contributed by atoms with Gasteiger partial charge in [0, 0.05) is 46.0 Å². The third kappa shape index (κ3) is 4.25. The highest BCUT2D eigenvalue weighted by Crippen LogP contribution is 2.41. The van der Waals surface area contributed by atoms with E-state index in [9.17, 15) is 17.1 Å². The zero-order valence-corrected chi connectivity index (χ0v) is 22.3. The van der Waals surface area contributed by atoms with Crippen LogP contribution in [0.3, 0.4) is 0 Å². The molecule has 6 rings (SSSR count). The molecule has 1 saturated carbocycles. The lowest BCUT2D eigenvalue weighted by atomic mass is 9.91. The number of terminal acetylenes is 1. The molecule has 1 fully saturated rings. The molecule has 39 heavy (non-hydrogen) atoms. The maximum atomic E-state index is 14.1. The van der Waals surface area contributed by atoms with Crippen LogP contribution in [-0.4, -0.2) is 29.6 Å². The molecule has 0 atom stereocenters. The summed E-state index contributed by atoms with van der Waals surface area (Å²) in [5.74, 6) is 3.24. The zero-order valence-electron chi connectivity index (χ0n) is 21.5. The number of benzene rings is 2. The van der Waals surface area contributed by atoms with Crippen molar-refractivity contribution in [2.24, 2.45) is 5.92 Å². The van der Waals surface area contributed by atoms with Gasteiger partial charge in [0.15, 0.2) is 5.43 Å². The summed E-state index contributed by atoms with van der Waals surface area (Å²) in [6.07, 6.45) is 11.0. The van der Waals surface area contributed by atoms with Crippen LogP contribution in [0.1, 0.15) is 44.7 Å². The average molecular weight is 544 g/mol. The maximum absolute atomic E-state index is 14.1. The highest BCUT2D eigenvalue weighted by molar-refractivity contribution is 7.86. The van der Waals surface area contributed by atoms with E-state index in [1.54, 1.807) is 6.07 Å². The van der Waals surface area contributed by atoms with Gasteiger partial charge in [-0.15, -0.1) is 10.3 Å². The van der Waals surface area contributed by atoms with Crippen molar-refractivity contribution in [3.8, 4) is 29.2 Å². The smallest absolute Gasteiger partial charge is 0.333 e. The molecule has 0 radical (unpaired) electrons. The number of H-pyrrole nitrogens is 1. The summed E-state index contributed by atoms with van der Waals surface area (Å²) in [6, 6.07) is 10.5. The van der Waals surface area contributed by atoms with Crippen LogP contribution in [0.2, 0.25) is 0 Å². The van der Waals surface area contributed by atoms with E-state index in [0.29, 0.717) is 51.0 Å². The second-order valence-corrected chi connectivity index (χ2v) is 11.8. The van der Waals surface area contributed by atoms with E-state index in [0.717, 1.165) is 36.4 Å². The predicted octanol–water partition coefficient (Wildman–Crippen LogP) is 6.10. The Hall–Kier alpha value is -4.16. The third-order valence-corrected chi connectivity index (χ3v) is 8.12. The van der Waals surface area contributed by atoms with E-state index in [1.807, 2.05) is 38.1 Å². The molecule has 0 unspecified atom stereocenters. The van der Waals surface area contributed by atoms with Crippen LogP contribution in [-0.2, 0) is 10.2 Å². The second kappa shape index (κ2) is 9.24. The average Bonchev–Trinajstić information content (AvgIpc) is 3.26. The number of aromatic nitrogens is 3. The Kier molecular flexibility index (Phi) is 5.96. The molecule has 0 aliphatic heterocycles. The Labute approximate surface area is 224 Å². The van der Waals surface area contributed by atoms with Crippen molar-refractivity contribution >= 4 is 43.1 Å². The fourth-order valence-electron chi connectivity index (χ4n) is 5.21. The molecule has 0 amide bonds. The predicted molar refractivity (Wildman–Crippen MR) is 150 cm³/mol. The number of nitrogens with zero attached hydrogens (tertiary/aromatic N) is 2. The Morgan fingerprint density at radius 1 is 1.18 bits per heavy atom. The van der Waals surface area contributed by atoms with Crippen LogP contribution in [0.4, 0.5) is 3.89 Å². The number of aromatic amines is 1. The molecule has 1 N–H and O–H groups in total. The fraction of sp³-hybridized carbons (Fsp3) is 0.267. The molecular formula is C30H26FN3O4S. The lowest BCUT2D eigenvalue weighted by Gasteiger charge is -2.31. The first kappa shape index (κ1) is 25.1. The number of halogens is 1. The van der Waals surface area contributed by atoms with Crippen LogP contribution >= 0.6 is 0 Å². The molecule has 3 aromatic heterocycles. The van der Waals surface area contributed by atoms with Crippen LogP contribution in [0.15, 0.2) is 58.5 Å². The molecule has 7 nitrogen and oxygen atoms in total. The van der Waals surface area contributed by atoms with Crippen molar-refractivity contribution in [2.45, 2.75) is 44.0 Å². The number of hydrogen-bond acceptors (Lipinski definition) is 5. The molecular weight excluding hydrogens is 517 g/mol. The van der Waals surface area contributed by atoms with Gasteiger partial charge in [-0.3, -0.25) is 9.78 Å². The summed E-state index contributed by atoms with van der Waals surface area (Å²) in [6.45, 7) is 4.37. The van der Waals surface area contributed by atoms with Gasteiger partial charge in [0.05, 0.1) is 22.9 Å². The monoisotopic (exact) mass is 543 g/mol. The number of fused-ring (bicyclic) bond motifs is 4. The van der Waals surface area contributed by atoms with E-state index in [-0.39, 0.29) is 17.4 Å². The highest BCUT2D eigenvalue weighted by atomic mass is 32.3. The van der Waals surface area contributed by atoms with Gasteiger partial charge >= 0.3 is 10.2 Å². The van der Waals surface area contributed by atoms with E-state index in [2.05, 4.69) is 20.5 Å². The van der Waals surface area contributed by atoms with Crippen molar-refractivity contribution in [1.82, 2.24) is 14.5 Å². The topological polar surface area (TPSA) is 94.1 Å². The summed E-state index contributed by atoms with van der Waals surface area (Å²) < 4.78 is 45.5. The number of pyridine rings is 2. The molecule has 198 valence electrons. The van der Waals surface area contributed by atoms with Gasteiger partial charge < -0.3 is 14.3 Å². The van der Waals surface area contributed by atoms with Crippen LogP contribution in [0.5, 0.6) is 5.75 Å². The van der Waals surface area contributed by atoms with E-state index in [1.165, 1.54) is 12.3 Å². The molecule has 0 bridgehead atoms. The van der Waals surface area contributed by atoms with Gasteiger partial charge in [0.2, 0.25) is 0 Å². The van der Waals surface area contributed by atoms with Gasteiger partial charge in [0.1, 0.15) is 16.3 Å². The summed E-state index contributed by atoms with van der Waals surface area (Å²) in [5.41, 5.74) is 3.64. The summed E-state index contributed by atoms with van der Waals surface area (Å²) >= 11 is 0. The lowest BCUT2D eigenvalue weighted by molar-refractivity contribution is 0.272. The number of ether oxygens (including phenoxy) is 1. The van der Waals surface area contributed by atoms with Crippen molar-refractivity contribution in [3.63, 3.8) is 0 Å². The summed E-state index contributed by atoms with van der Waals surface area (Å²) in [5, 5.41) is 1.87. The number of rotatable bonds is 6. The van der Waals surface area contributed by atoms with Gasteiger partial charge in [-0.1, -0.05) is 25.8 Å². The Morgan fingerprint density at radius 2 is 1.97 bits per heavy atom. The SMILES string of the molecule is C#Cc1ccc2c(c1)[nH]c1c2c(=O)c2cc(OCC(C)C)c(-c3cncc(S(=O)(=O)F)c3)cc2n1C1CCC1. The Morgan fingerprint density at radius 3 is 2.64 bits per heavy atom. The first-order chi connectivity index (χ1) is 18.7. The first-order valence-electron chi connectivity index (χ1n) is 12.8. The van der Waals surface area contributed by atoms with Gasteiger partial charge in [-0.2, -0.15) is 8.42 Å². The van der Waals surface area contributed by atoms with E-state index >= 15 is 0 Å². The summed E-state index contributed by atoms with van der Waals surface area (Å²) in [7, 11) is -4.96. The van der Waals surface area contributed by atoms with E-state index in [4.69, 9.17) is 11.2 Å². The van der Waals surface area contributed by atoms with Crippen molar-refractivity contribution in [1.29, 1.82) is 0 Å². The Balaban J connectivity index is 1.72.